The third-order valence-electron chi connectivity index (χ3n) is 3.96. The predicted molar refractivity (Wildman–Crippen MR) is 80.2 cm³/mol. The van der Waals surface area contributed by atoms with Crippen molar-refractivity contribution < 1.29 is 19.2 Å². The SMILES string of the molecule is CN1C(=O)C(c2ccc([N+](=O)[O-])cc2)=C(N2CCOCC2)C1=O. The van der Waals surface area contributed by atoms with Crippen molar-refractivity contribution in [2.24, 2.45) is 0 Å². The first-order chi connectivity index (χ1) is 11.0. The van der Waals surface area contributed by atoms with Crippen molar-refractivity contribution >= 4 is 23.1 Å². The van der Waals surface area contributed by atoms with Gasteiger partial charge in [0.05, 0.1) is 23.7 Å². The number of amides is 2. The molecule has 0 bridgehead atoms. The molecule has 0 aliphatic carbocycles. The first kappa shape index (κ1) is 15.2. The fourth-order valence-corrected chi connectivity index (χ4v) is 2.72. The molecule has 23 heavy (non-hydrogen) atoms. The Morgan fingerprint density at radius 2 is 1.70 bits per heavy atom. The van der Waals surface area contributed by atoms with Crippen LogP contribution >= 0.6 is 0 Å². The van der Waals surface area contributed by atoms with E-state index in [-0.39, 0.29) is 17.2 Å². The van der Waals surface area contributed by atoms with E-state index >= 15 is 0 Å². The molecule has 0 spiro atoms. The second kappa shape index (κ2) is 5.81. The van der Waals surface area contributed by atoms with E-state index in [4.69, 9.17) is 4.74 Å². The molecule has 8 heteroatoms. The van der Waals surface area contributed by atoms with Crippen molar-refractivity contribution in [2.45, 2.75) is 0 Å². The number of rotatable bonds is 3. The predicted octanol–water partition coefficient (Wildman–Crippen LogP) is 0.637. The lowest BCUT2D eigenvalue weighted by molar-refractivity contribution is -0.384. The molecule has 1 aromatic carbocycles. The molecule has 2 aliphatic heterocycles. The topological polar surface area (TPSA) is 93.0 Å². The maximum Gasteiger partial charge on any atom is 0.277 e. The highest BCUT2D eigenvalue weighted by molar-refractivity contribution is 6.35. The fraction of sp³-hybridized carbons (Fsp3) is 0.333. The molecular formula is C15H15N3O5. The van der Waals surface area contributed by atoms with Crippen LogP contribution in [0.3, 0.4) is 0 Å². The molecule has 1 saturated heterocycles. The van der Waals surface area contributed by atoms with Crippen LogP contribution in [0.5, 0.6) is 0 Å². The number of carbonyl (C=O) groups is 2. The molecule has 1 aromatic rings. The van der Waals surface area contributed by atoms with Crippen LogP contribution in [0, 0.1) is 10.1 Å². The Labute approximate surface area is 132 Å². The highest BCUT2D eigenvalue weighted by atomic mass is 16.6. The van der Waals surface area contributed by atoms with Crippen LogP contribution in [-0.2, 0) is 14.3 Å². The molecule has 120 valence electrons. The maximum absolute atomic E-state index is 12.4. The summed E-state index contributed by atoms with van der Waals surface area (Å²) in [5, 5.41) is 10.8. The van der Waals surface area contributed by atoms with E-state index in [1.807, 2.05) is 4.90 Å². The lowest BCUT2D eigenvalue weighted by Gasteiger charge is -2.29. The van der Waals surface area contributed by atoms with Gasteiger partial charge in [-0.15, -0.1) is 0 Å². The van der Waals surface area contributed by atoms with Crippen molar-refractivity contribution in [2.75, 3.05) is 33.4 Å². The van der Waals surface area contributed by atoms with Gasteiger partial charge in [0, 0.05) is 32.3 Å². The number of hydrogen-bond donors (Lipinski definition) is 0. The summed E-state index contributed by atoms with van der Waals surface area (Å²) >= 11 is 0. The van der Waals surface area contributed by atoms with Crippen LogP contribution in [-0.4, -0.2) is 59.9 Å². The van der Waals surface area contributed by atoms with Gasteiger partial charge in [-0.3, -0.25) is 24.6 Å². The van der Waals surface area contributed by atoms with Crippen LogP contribution < -0.4 is 0 Å². The summed E-state index contributed by atoms with van der Waals surface area (Å²) in [6.07, 6.45) is 0. The van der Waals surface area contributed by atoms with Crippen LogP contribution in [0.25, 0.3) is 5.57 Å². The Kier molecular flexibility index (Phi) is 3.83. The Morgan fingerprint density at radius 1 is 1.09 bits per heavy atom. The average Bonchev–Trinajstić information content (AvgIpc) is 2.80. The van der Waals surface area contributed by atoms with Crippen molar-refractivity contribution in [1.82, 2.24) is 9.80 Å². The molecule has 0 radical (unpaired) electrons. The number of non-ortho nitro benzene ring substituents is 1. The molecule has 0 saturated carbocycles. The van der Waals surface area contributed by atoms with E-state index in [0.29, 0.717) is 37.6 Å². The largest absolute Gasteiger partial charge is 0.378 e. The number of carbonyl (C=O) groups excluding carboxylic acids is 2. The van der Waals surface area contributed by atoms with Crippen LogP contribution in [0.15, 0.2) is 30.0 Å². The van der Waals surface area contributed by atoms with Gasteiger partial charge in [-0.25, -0.2) is 0 Å². The monoisotopic (exact) mass is 317 g/mol. The minimum absolute atomic E-state index is 0.0626. The molecule has 3 rings (SSSR count). The number of nitrogens with zero attached hydrogens (tertiary/aromatic N) is 3. The molecule has 8 nitrogen and oxygen atoms in total. The van der Waals surface area contributed by atoms with Crippen molar-refractivity contribution in [3.63, 3.8) is 0 Å². The Hall–Kier alpha value is -2.74. The second-order valence-electron chi connectivity index (χ2n) is 5.30. The number of imide groups is 1. The molecule has 2 heterocycles. The molecule has 0 atom stereocenters. The highest BCUT2D eigenvalue weighted by Crippen LogP contribution is 2.31. The molecule has 0 aromatic heterocycles. The third-order valence-corrected chi connectivity index (χ3v) is 3.96. The number of nitro benzene ring substituents is 1. The zero-order valence-corrected chi connectivity index (χ0v) is 12.5. The van der Waals surface area contributed by atoms with E-state index < -0.39 is 10.8 Å². The zero-order valence-electron chi connectivity index (χ0n) is 12.5. The molecular weight excluding hydrogens is 302 g/mol. The average molecular weight is 317 g/mol. The van der Waals surface area contributed by atoms with Gasteiger partial charge in [-0.1, -0.05) is 0 Å². The highest BCUT2D eigenvalue weighted by Gasteiger charge is 2.39. The van der Waals surface area contributed by atoms with Crippen molar-refractivity contribution in [3.05, 3.63) is 45.6 Å². The van der Waals surface area contributed by atoms with Gasteiger partial charge in [-0.2, -0.15) is 0 Å². The van der Waals surface area contributed by atoms with E-state index in [0.717, 1.165) is 4.90 Å². The number of benzene rings is 1. The Morgan fingerprint density at radius 3 is 2.26 bits per heavy atom. The quantitative estimate of drug-likeness (QED) is 0.461. The van der Waals surface area contributed by atoms with Gasteiger partial charge in [0.2, 0.25) is 0 Å². The summed E-state index contributed by atoms with van der Waals surface area (Å²) in [5.74, 6) is -0.754. The summed E-state index contributed by atoms with van der Waals surface area (Å²) < 4.78 is 5.28. The molecule has 2 amide bonds. The molecule has 0 unspecified atom stereocenters. The smallest absolute Gasteiger partial charge is 0.277 e. The lowest BCUT2D eigenvalue weighted by atomic mass is 10.0. The van der Waals surface area contributed by atoms with Gasteiger partial charge >= 0.3 is 0 Å². The van der Waals surface area contributed by atoms with Crippen molar-refractivity contribution in [1.29, 1.82) is 0 Å². The van der Waals surface area contributed by atoms with Crippen LogP contribution in [0.4, 0.5) is 5.69 Å². The molecule has 0 N–H and O–H groups in total. The minimum Gasteiger partial charge on any atom is -0.378 e. The van der Waals surface area contributed by atoms with E-state index in [2.05, 4.69) is 0 Å². The molecule has 2 aliphatic rings. The minimum atomic E-state index is -0.505. The van der Waals surface area contributed by atoms with Gasteiger partial charge in [-0.05, 0) is 17.7 Å². The van der Waals surface area contributed by atoms with E-state index in [1.54, 1.807) is 0 Å². The van der Waals surface area contributed by atoms with Gasteiger partial charge in [0.25, 0.3) is 17.5 Å². The summed E-state index contributed by atoms with van der Waals surface area (Å²) in [5.41, 5.74) is 1.07. The summed E-state index contributed by atoms with van der Waals surface area (Å²) in [6.45, 7) is 2.03. The fourth-order valence-electron chi connectivity index (χ4n) is 2.72. The molecule has 1 fully saturated rings. The van der Waals surface area contributed by atoms with Gasteiger partial charge in [0.15, 0.2) is 0 Å². The summed E-state index contributed by atoms with van der Waals surface area (Å²) in [4.78, 5) is 38.0. The lowest BCUT2D eigenvalue weighted by Crippen LogP contribution is -2.39. The maximum atomic E-state index is 12.4. The van der Waals surface area contributed by atoms with Crippen molar-refractivity contribution in [3.8, 4) is 0 Å². The first-order valence-electron chi connectivity index (χ1n) is 7.15. The first-order valence-corrected chi connectivity index (χ1v) is 7.15. The Bertz CT molecular complexity index is 704. The summed E-state index contributed by atoms with van der Waals surface area (Å²) in [6, 6.07) is 5.65. The van der Waals surface area contributed by atoms with E-state index in [9.17, 15) is 19.7 Å². The second-order valence-corrected chi connectivity index (χ2v) is 5.30. The number of nitro groups is 1. The standard InChI is InChI=1S/C15H15N3O5/c1-16-14(19)12(10-2-4-11(5-3-10)18(21)22)13(15(16)20)17-6-8-23-9-7-17/h2-5H,6-9H2,1H3. The normalized spacial score (nSPS) is 18.8. The van der Waals surface area contributed by atoms with Gasteiger partial charge < -0.3 is 9.64 Å². The summed E-state index contributed by atoms with van der Waals surface area (Å²) in [7, 11) is 1.43. The Balaban J connectivity index is 2.06. The number of morpholine rings is 1. The zero-order chi connectivity index (χ0) is 16.6. The number of ether oxygens (including phenoxy) is 1. The van der Waals surface area contributed by atoms with E-state index in [1.165, 1.54) is 31.3 Å². The number of hydrogen-bond acceptors (Lipinski definition) is 6. The van der Waals surface area contributed by atoms with Crippen LogP contribution in [0.2, 0.25) is 0 Å². The number of likely N-dealkylation sites (N-methyl/N-ethyl adjacent to an activating group) is 1. The van der Waals surface area contributed by atoms with Gasteiger partial charge in [0.1, 0.15) is 5.70 Å². The van der Waals surface area contributed by atoms with Crippen LogP contribution in [0.1, 0.15) is 5.56 Å². The third kappa shape index (κ3) is 2.57.